The summed E-state index contributed by atoms with van der Waals surface area (Å²) in [6, 6.07) is 27.0. The van der Waals surface area contributed by atoms with E-state index in [1.165, 1.54) is 38.3 Å². The molecular weight excluding hydrogens is 468 g/mol. The first-order chi connectivity index (χ1) is 14.7. The van der Waals surface area contributed by atoms with E-state index in [2.05, 4.69) is 116 Å². The summed E-state index contributed by atoms with van der Waals surface area (Å²) in [4.78, 5) is 0. The normalized spacial score (nSPS) is 19.7. The molecule has 0 N–H and O–H groups in total. The quantitative estimate of drug-likeness (QED) is 0.428. The van der Waals surface area contributed by atoms with Crippen molar-refractivity contribution in [1.29, 1.82) is 0 Å². The average molecular weight is 492 g/mol. The third kappa shape index (κ3) is 2.81. The largest absolute Gasteiger partial charge is 0.115 e. The summed E-state index contributed by atoms with van der Waals surface area (Å²) in [6.07, 6.45) is 9.10. The van der Waals surface area contributed by atoms with Crippen LogP contribution in [0, 0.1) is 5.92 Å². The predicted molar refractivity (Wildman–Crippen MR) is 130 cm³/mol. The molecule has 0 radical (unpaired) electrons. The molecule has 3 aliphatic carbocycles. The van der Waals surface area contributed by atoms with Crippen molar-refractivity contribution in [1.82, 2.24) is 0 Å². The Morgan fingerprint density at radius 3 is 2.00 bits per heavy atom. The van der Waals surface area contributed by atoms with Gasteiger partial charge in [-0.3, -0.25) is 0 Å². The first-order valence-electron chi connectivity index (χ1n) is 10.7. The summed E-state index contributed by atoms with van der Waals surface area (Å²) in [5, 5.41) is 4.45. The van der Waals surface area contributed by atoms with Crippen molar-refractivity contribution in [2.24, 2.45) is 5.92 Å². The van der Waals surface area contributed by atoms with Gasteiger partial charge in [-0.25, -0.2) is 0 Å². The minimum absolute atomic E-state index is 0. The average Bonchev–Trinajstić information content (AvgIpc) is 3.33. The Morgan fingerprint density at radius 2 is 1.35 bits per heavy atom. The number of hydrogen-bond donors (Lipinski definition) is 0. The number of hydrogen-bond acceptors (Lipinski definition) is 0. The zero-order chi connectivity index (χ0) is 20.3. The summed E-state index contributed by atoms with van der Waals surface area (Å²) < 4.78 is 0. The van der Waals surface area contributed by atoms with Crippen LogP contribution in [0.5, 0.6) is 0 Å². The molecule has 0 saturated heterocycles. The molecule has 0 heterocycles. The van der Waals surface area contributed by atoms with E-state index in [0.29, 0.717) is 11.5 Å². The number of allylic oxidation sites excluding steroid dienone is 4. The molecule has 3 aromatic rings. The van der Waals surface area contributed by atoms with Crippen molar-refractivity contribution in [3.05, 3.63) is 131 Å². The summed E-state index contributed by atoms with van der Waals surface area (Å²) in [7, 11) is -2.14. The van der Waals surface area contributed by atoms with Crippen molar-refractivity contribution in [2.45, 2.75) is 12.1 Å². The zero-order valence-corrected chi connectivity index (χ0v) is 21.1. The van der Waals surface area contributed by atoms with E-state index >= 15 is 0 Å². The third-order valence-electron chi connectivity index (χ3n) is 7.30. The molecule has 3 aromatic carbocycles. The van der Waals surface area contributed by atoms with Crippen LogP contribution < -0.4 is 10.4 Å². The molecule has 0 amide bonds. The smallest absolute Gasteiger partial charge is 0.107 e. The first kappa shape index (κ1) is 20.6. The molecule has 2 atom stereocenters. The van der Waals surface area contributed by atoms with Gasteiger partial charge in [-0.1, -0.05) is 115 Å². The Balaban J connectivity index is 0.00000204. The van der Waals surface area contributed by atoms with Crippen LogP contribution in [0.3, 0.4) is 0 Å². The van der Waals surface area contributed by atoms with E-state index in [1.807, 2.05) is 0 Å². The number of fused-ring (bicyclic) bond motifs is 5. The number of rotatable bonds is 3. The minimum atomic E-state index is -2.14. The van der Waals surface area contributed by atoms with Gasteiger partial charge in [0.15, 0.2) is 0 Å². The standard InChI is InChI=1S/C29H24Si.Zr/c1-3-30(2,28-24-16-8-4-12-20(24)21-13-5-9-17-25(21)28)29-26-18-10-6-14-22(26)23-15-7-11-19-27(23)29;/h3-19,24,29H,1H2,2H3;. The topological polar surface area (TPSA) is 0 Å². The van der Waals surface area contributed by atoms with Gasteiger partial charge in [0, 0.05) is 37.7 Å². The van der Waals surface area contributed by atoms with Crippen LogP contribution in [-0.4, -0.2) is 8.07 Å². The Kier molecular flexibility index (Phi) is 5.12. The molecule has 0 bridgehead atoms. The van der Waals surface area contributed by atoms with Crippen molar-refractivity contribution in [3.63, 3.8) is 0 Å². The van der Waals surface area contributed by atoms with E-state index in [0.717, 1.165) is 0 Å². The van der Waals surface area contributed by atoms with E-state index in [-0.39, 0.29) is 26.2 Å². The van der Waals surface area contributed by atoms with Crippen molar-refractivity contribution in [3.8, 4) is 11.1 Å². The molecule has 0 saturated carbocycles. The van der Waals surface area contributed by atoms with Gasteiger partial charge in [-0.05, 0) is 38.3 Å². The molecule has 0 aromatic heterocycles. The molecule has 0 nitrogen and oxygen atoms in total. The van der Waals surface area contributed by atoms with Crippen LogP contribution in [0.4, 0.5) is 0 Å². The molecule has 2 heteroatoms. The summed E-state index contributed by atoms with van der Waals surface area (Å²) in [5.74, 6) is 0.363. The molecular formula is C29H24SiZr. The monoisotopic (exact) mass is 490 g/mol. The molecule has 6 rings (SSSR count). The maximum atomic E-state index is 4.47. The zero-order valence-electron chi connectivity index (χ0n) is 17.7. The molecule has 0 fully saturated rings. The second-order valence-corrected chi connectivity index (χ2v) is 12.8. The maximum absolute atomic E-state index is 4.47. The Morgan fingerprint density at radius 1 is 0.774 bits per heavy atom. The fourth-order valence-corrected chi connectivity index (χ4v) is 10.3. The Hall–Kier alpha value is -2.28. The molecule has 3 aliphatic rings. The molecule has 0 spiro atoms. The van der Waals surface area contributed by atoms with Gasteiger partial charge in [0.1, 0.15) is 8.07 Å². The van der Waals surface area contributed by atoms with Gasteiger partial charge >= 0.3 is 0 Å². The Bertz CT molecular complexity index is 1350. The molecule has 2 unspecified atom stereocenters. The van der Waals surface area contributed by atoms with Gasteiger partial charge in [0.25, 0.3) is 0 Å². The van der Waals surface area contributed by atoms with Crippen LogP contribution in [0.25, 0.3) is 21.9 Å². The van der Waals surface area contributed by atoms with Gasteiger partial charge in [0.2, 0.25) is 0 Å². The van der Waals surface area contributed by atoms with Crippen LogP contribution in [0.1, 0.15) is 16.7 Å². The van der Waals surface area contributed by atoms with E-state index in [1.54, 1.807) is 5.20 Å². The molecule has 148 valence electrons. The summed E-state index contributed by atoms with van der Waals surface area (Å²) in [6.45, 7) is 7.00. The summed E-state index contributed by atoms with van der Waals surface area (Å²) >= 11 is 0. The minimum Gasteiger partial charge on any atom is -0.107 e. The van der Waals surface area contributed by atoms with E-state index in [4.69, 9.17) is 0 Å². The SMILES string of the molecule is C=C[Si](C)(C1=c2ccccc2=C2C=CC=CC21)C1c2ccccc2-c2ccccc21.[Zr]. The van der Waals surface area contributed by atoms with Crippen LogP contribution in [0.2, 0.25) is 6.55 Å². The maximum Gasteiger partial charge on any atom is 0.115 e. The molecule has 31 heavy (non-hydrogen) atoms. The van der Waals surface area contributed by atoms with Gasteiger partial charge in [-0.2, -0.15) is 0 Å². The van der Waals surface area contributed by atoms with E-state index in [9.17, 15) is 0 Å². The van der Waals surface area contributed by atoms with Gasteiger partial charge in [-0.15, -0.1) is 6.58 Å². The molecule has 0 aliphatic heterocycles. The predicted octanol–water partition coefficient (Wildman–Crippen LogP) is 5.44. The number of benzene rings is 3. The van der Waals surface area contributed by atoms with Gasteiger partial charge < -0.3 is 0 Å². The van der Waals surface area contributed by atoms with E-state index < -0.39 is 8.07 Å². The fraction of sp³-hybridized carbons (Fsp3) is 0.103. The second kappa shape index (κ2) is 7.69. The van der Waals surface area contributed by atoms with Crippen LogP contribution in [0.15, 0.2) is 109 Å². The van der Waals surface area contributed by atoms with Crippen LogP contribution in [-0.2, 0) is 26.2 Å². The van der Waals surface area contributed by atoms with Crippen LogP contribution >= 0.6 is 0 Å². The second-order valence-electron chi connectivity index (χ2n) is 8.73. The van der Waals surface area contributed by atoms with Gasteiger partial charge in [0.05, 0.1) is 0 Å². The summed E-state index contributed by atoms with van der Waals surface area (Å²) in [5.41, 5.74) is 9.93. The Labute approximate surface area is 204 Å². The third-order valence-corrected chi connectivity index (χ3v) is 11.7. The van der Waals surface area contributed by atoms with Crippen molar-refractivity contribution < 1.29 is 26.2 Å². The van der Waals surface area contributed by atoms with Crippen molar-refractivity contribution >= 4 is 18.8 Å². The van der Waals surface area contributed by atoms with Crippen molar-refractivity contribution in [2.75, 3.05) is 0 Å². The fourth-order valence-electron chi connectivity index (χ4n) is 6.00. The first-order valence-corrected chi connectivity index (χ1v) is 13.4.